The molecule has 1 saturated heterocycles. The third-order valence-electron chi connectivity index (χ3n) is 4.68. The number of nitrogens with one attached hydrogen (secondary N) is 1. The first-order valence-electron chi connectivity index (χ1n) is 8.89. The summed E-state index contributed by atoms with van der Waals surface area (Å²) in [6.07, 6.45) is 1.41. The molecule has 1 aromatic heterocycles. The van der Waals surface area contributed by atoms with E-state index in [1.54, 1.807) is 49.4 Å². The number of carbonyl (C=O) groups excluding carboxylic acids is 3. The molecule has 3 amide bonds. The zero-order valence-corrected chi connectivity index (χ0v) is 16.4. The molecule has 0 radical (unpaired) electrons. The van der Waals surface area contributed by atoms with Crippen LogP contribution in [0.1, 0.15) is 21.7 Å². The van der Waals surface area contributed by atoms with Gasteiger partial charge >= 0.3 is 6.03 Å². The number of nitrogens with zero attached hydrogens (tertiary/aromatic N) is 1. The number of halogens is 1. The molecule has 2 aromatic carbocycles. The Kier molecular flexibility index (Phi) is 4.89. The van der Waals surface area contributed by atoms with Crippen molar-refractivity contribution in [1.82, 2.24) is 5.32 Å². The number of carbonyl (C=O) groups is 3. The highest BCUT2D eigenvalue weighted by Crippen LogP contribution is 2.29. The number of rotatable bonds is 4. The monoisotopic (exact) mass is 421 g/mol. The van der Waals surface area contributed by atoms with Gasteiger partial charge in [-0.3, -0.25) is 4.79 Å². The summed E-state index contributed by atoms with van der Waals surface area (Å²) in [6.45, 7) is 1.66. The number of aromatic carboxylic acids is 1. The van der Waals surface area contributed by atoms with Crippen molar-refractivity contribution in [3.63, 3.8) is 0 Å². The predicted molar refractivity (Wildman–Crippen MR) is 109 cm³/mol. The van der Waals surface area contributed by atoms with Gasteiger partial charge in [0, 0.05) is 22.2 Å². The van der Waals surface area contributed by atoms with E-state index < -0.39 is 17.9 Å². The van der Waals surface area contributed by atoms with Crippen LogP contribution in [0.2, 0.25) is 5.02 Å². The average molecular weight is 422 g/mol. The van der Waals surface area contributed by atoms with Gasteiger partial charge in [-0.25, -0.2) is 9.69 Å². The second-order valence-electron chi connectivity index (χ2n) is 6.58. The second kappa shape index (κ2) is 7.53. The van der Waals surface area contributed by atoms with Crippen LogP contribution in [0.5, 0.6) is 0 Å². The van der Waals surface area contributed by atoms with E-state index in [1.807, 2.05) is 0 Å². The minimum absolute atomic E-state index is 0.0427. The fourth-order valence-electron chi connectivity index (χ4n) is 3.23. The lowest BCUT2D eigenvalue weighted by Gasteiger charge is -2.11. The standard InChI is InChI=1S/C22H15ClN2O5/c1-12-16(6-3-7-17(12)21(27)28)19-9-8-15(30-19)11-18-20(26)25(22(29)24-18)14-5-2-4-13(23)10-14/h2-11H,1H3,(H,24,29)(H,27,28)/p-1/b18-11+. The number of carboxylic acids is 1. The first kappa shape index (κ1) is 19.5. The van der Waals surface area contributed by atoms with E-state index in [0.717, 1.165) is 4.90 Å². The van der Waals surface area contributed by atoms with Crippen molar-refractivity contribution >= 4 is 41.3 Å². The van der Waals surface area contributed by atoms with Crippen LogP contribution in [-0.4, -0.2) is 17.9 Å². The van der Waals surface area contributed by atoms with Gasteiger partial charge in [-0.2, -0.15) is 0 Å². The summed E-state index contributed by atoms with van der Waals surface area (Å²) in [4.78, 5) is 37.2. The summed E-state index contributed by atoms with van der Waals surface area (Å²) < 4.78 is 5.76. The first-order chi connectivity index (χ1) is 14.3. The van der Waals surface area contributed by atoms with Crippen LogP contribution in [0.25, 0.3) is 17.4 Å². The van der Waals surface area contributed by atoms with Crippen molar-refractivity contribution in [2.75, 3.05) is 4.90 Å². The lowest BCUT2D eigenvalue weighted by atomic mass is 10.0. The molecule has 0 bridgehead atoms. The smallest absolute Gasteiger partial charge is 0.333 e. The molecular weight excluding hydrogens is 408 g/mol. The summed E-state index contributed by atoms with van der Waals surface area (Å²) in [5.74, 6) is -1.08. The highest BCUT2D eigenvalue weighted by Gasteiger charge is 2.35. The molecule has 30 heavy (non-hydrogen) atoms. The maximum absolute atomic E-state index is 12.7. The molecule has 4 rings (SSSR count). The number of urea groups is 1. The number of hydrogen-bond acceptors (Lipinski definition) is 5. The Bertz CT molecular complexity index is 1230. The molecule has 2 heterocycles. The zero-order chi connectivity index (χ0) is 21.4. The number of carboxylic acid groups (broad SMARTS) is 1. The number of amides is 3. The van der Waals surface area contributed by atoms with Crippen LogP contribution in [0.3, 0.4) is 0 Å². The number of benzene rings is 2. The van der Waals surface area contributed by atoms with Gasteiger partial charge in [0.25, 0.3) is 5.91 Å². The Labute approximate surface area is 176 Å². The molecule has 0 atom stereocenters. The Hall–Kier alpha value is -3.84. The molecule has 150 valence electrons. The van der Waals surface area contributed by atoms with Gasteiger partial charge in [0.2, 0.25) is 0 Å². The van der Waals surface area contributed by atoms with Gasteiger partial charge in [0.05, 0.1) is 11.7 Å². The molecule has 7 nitrogen and oxygen atoms in total. The van der Waals surface area contributed by atoms with Crippen molar-refractivity contribution in [1.29, 1.82) is 0 Å². The zero-order valence-electron chi connectivity index (χ0n) is 15.6. The van der Waals surface area contributed by atoms with E-state index in [9.17, 15) is 19.5 Å². The van der Waals surface area contributed by atoms with Gasteiger partial charge in [-0.05, 0) is 42.8 Å². The minimum Gasteiger partial charge on any atom is -0.545 e. The normalized spacial score (nSPS) is 15.0. The Morgan fingerprint density at radius 2 is 1.90 bits per heavy atom. The van der Waals surface area contributed by atoms with Gasteiger partial charge in [0.1, 0.15) is 17.2 Å². The molecule has 0 aliphatic carbocycles. The minimum atomic E-state index is -1.27. The number of furan rings is 1. The second-order valence-corrected chi connectivity index (χ2v) is 7.01. The molecule has 1 N–H and O–H groups in total. The van der Waals surface area contributed by atoms with Crippen molar-refractivity contribution < 1.29 is 23.9 Å². The highest BCUT2D eigenvalue weighted by molar-refractivity contribution is 6.32. The summed E-state index contributed by atoms with van der Waals surface area (Å²) in [5.41, 5.74) is 1.55. The lowest BCUT2D eigenvalue weighted by Crippen LogP contribution is -2.30. The number of anilines is 1. The van der Waals surface area contributed by atoms with E-state index in [2.05, 4.69) is 5.32 Å². The van der Waals surface area contributed by atoms with E-state index in [-0.39, 0.29) is 11.3 Å². The summed E-state index contributed by atoms with van der Waals surface area (Å²) >= 11 is 5.95. The average Bonchev–Trinajstić information content (AvgIpc) is 3.26. The van der Waals surface area contributed by atoms with Crippen LogP contribution < -0.4 is 15.3 Å². The van der Waals surface area contributed by atoms with Crippen molar-refractivity contribution in [3.05, 3.63) is 82.2 Å². The fraction of sp³-hybridized carbons (Fsp3) is 0.0455. The maximum atomic E-state index is 12.7. The quantitative estimate of drug-likeness (QED) is 0.514. The third kappa shape index (κ3) is 3.46. The molecule has 0 unspecified atom stereocenters. The molecule has 0 spiro atoms. The van der Waals surface area contributed by atoms with E-state index in [0.29, 0.717) is 33.4 Å². The van der Waals surface area contributed by atoms with Gasteiger partial charge in [-0.15, -0.1) is 0 Å². The molecule has 1 aliphatic rings. The van der Waals surface area contributed by atoms with Crippen molar-refractivity contribution in [2.45, 2.75) is 6.92 Å². The summed E-state index contributed by atoms with van der Waals surface area (Å²) in [6, 6.07) is 13.8. The predicted octanol–water partition coefficient (Wildman–Crippen LogP) is 3.37. The first-order valence-corrected chi connectivity index (χ1v) is 9.27. The summed E-state index contributed by atoms with van der Waals surface area (Å²) in [7, 11) is 0. The Morgan fingerprint density at radius 3 is 2.63 bits per heavy atom. The SMILES string of the molecule is Cc1c(C(=O)[O-])cccc1-c1ccc(/C=C2/NC(=O)N(c3cccc(Cl)c3)C2=O)o1. The Balaban J connectivity index is 1.64. The molecule has 0 saturated carbocycles. The molecule has 8 heteroatoms. The van der Waals surface area contributed by atoms with Gasteiger partial charge in [0.15, 0.2) is 0 Å². The number of hydrogen-bond donors (Lipinski definition) is 1. The molecule has 1 aliphatic heterocycles. The van der Waals surface area contributed by atoms with Crippen molar-refractivity contribution in [3.8, 4) is 11.3 Å². The number of imide groups is 1. The van der Waals surface area contributed by atoms with Gasteiger partial charge < -0.3 is 19.6 Å². The fourth-order valence-corrected chi connectivity index (χ4v) is 3.41. The van der Waals surface area contributed by atoms with Crippen LogP contribution >= 0.6 is 11.6 Å². The molecule has 3 aromatic rings. The topological polar surface area (TPSA) is 103 Å². The largest absolute Gasteiger partial charge is 0.545 e. The van der Waals surface area contributed by atoms with Gasteiger partial charge in [-0.1, -0.05) is 35.9 Å². The summed E-state index contributed by atoms with van der Waals surface area (Å²) in [5, 5.41) is 14.1. The maximum Gasteiger partial charge on any atom is 0.333 e. The third-order valence-corrected chi connectivity index (χ3v) is 4.91. The van der Waals surface area contributed by atoms with E-state index >= 15 is 0 Å². The Morgan fingerprint density at radius 1 is 1.13 bits per heavy atom. The van der Waals surface area contributed by atoms with Crippen LogP contribution in [0.4, 0.5) is 10.5 Å². The lowest BCUT2D eigenvalue weighted by molar-refractivity contribution is -0.255. The molecular formula is C22H14ClN2O5-. The van der Waals surface area contributed by atoms with E-state index in [1.165, 1.54) is 18.2 Å². The molecule has 1 fully saturated rings. The highest BCUT2D eigenvalue weighted by atomic mass is 35.5. The van der Waals surface area contributed by atoms with Crippen LogP contribution in [0.15, 0.2) is 64.7 Å². The van der Waals surface area contributed by atoms with Crippen LogP contribution in [0, 0.1) is 6.92 Å². The van der Waals surface area contributed by atoms with Crippen molar-refractivity contribution in [2.24, 2.45) is 0 Å². The van der Waals surface area contributed by atoms with E-state index in [4.69, 9.17) is 16.0 Å². The van der Waals surface area contributed by atoms with Crippen LogP contribution in [-0.2, 0) is 4.79 Å².